The second-order valence-corrected chi connectivity index (χ2v) is 7.88. The first-order valence-corrected chi connectivity index (χ1v) is 9.80. The number of thiophene rings is 1. The van der Waals surface area contributed by atoms with Crippen molar-refractivity contribution in [3.63, 3.8) is 0 Å². The van der Waals surface area contributed by atoms with Gasteiger partial charge in [0, 0.05) is 24.5 Å². The number of piperidine rings is 1. The molecule has 1 amide bonds. The fraction of sp³-hybridized carbons (Fsp3) is 0.722. The first-order valence-electron chi connectivity index (χ1n) is 8.92. The molecule has 1 aliphatic heterocycles. The van der Waals surface area contributed by atoms with Gasteiger partial charge in [0.15, 0.2) is 0 Å². The third kappa shape index (κ3) is 5.59. The fourth-order valence-electron chi connectivity index (χ4n) is 3.64. The van der Waals surface area contributed by atoms with E-state index >= 15 is 0 Å². The molecule has 0 spiro atoms. The molecule has 0 radical (unpaired) electrons. The van der Waals surface area contributed by atoms with Crippen molar-refractivity contribution >= 4 is 17.2 Å². The quantitative estimate of drug-likeness (QED) is 0.832. The summed E-state index contributed by atoms with van der Waals surface area (Å²) in [5.74, 6) is 0.617. The summed E-state index contributed by atoms with van der Waals surface area (Å²) in [5, 5.41) is 5.21. The van der Waals surface area contributed by atoms with E-state index in [2.05, 4.69) is 27.7 Å². The predicted molar refractivity (Wildman–Crippen MR) is 93.5 cm³/mol. The van der Waals surface area contributed by atoms with Crippen LogP contribution in [-0.4, -0.2) is 43.2 Å². The van der Waals surface area contributed by atoms with Crippen LogP contribution in [0.3, 0.4) is 0 Å². The highest BCUT2D eigenvalue weighted by Crippen LogP contribution is 2.21. The van der Waals surface area contributed by atoms with Gasteiger partial charge >= 0.3 is 0 Å². The summed E-state index contributed by atoms with van der Waals surface area (Å²) in [6, 6.07) is 4.32. The molecule has 2 fully saturated rings. The fourth-order valence-corrected chi connectivity index (χ4v) is 4.39. The average Bonchev–Trinajstić information content (AvgIpc) is 3.25. The Labute approximate surface area is 143 Å². The van der Waals surface area contributed by atoms with Gasteiger partial charge in [-0.05, 0) is 49.6 Å². The molecule has 2 heterocycles. The van der Waals surface area contributed by atoms with Crippen molar-refractivity contribution in [2.45, 2.75) is 51.2 Å². The Bertz CT molecular complexity index is 471. The van der Waals surface area contributed by atoms with Gasteiger partial charge in [0.25, 0.3) is 0 Å². The molecule has 2 aliphatic rings. The smallest absolute Gasteiger partial charge is 0.246 e. The summed E-state index contributed by atoms with van der Waals surface area (Å²) in [5.41, 5.74) is 0. The van der Waals surface area contributed by atoms with E-state index in [4.69, 9.17) is 4.74 Å². The number of rotatable bonds is 7. The highest BCUT2D eigenvalue weighted by atomic mass is 32.1. The lowest BCUT2D eigenvalue weighted by Gasteiger charge is -2.32. The van der Waals surface area contributed by atoms with Crippen LogP contribution in [0.5, 0.6) is 0 Å². The molecule has 5 heteroatoms. The minimum absolute atomic E-state index is 0.0484. The van der Waals surface area contributed by atoms with E-state index in [0.29, 0.717) is 12.0 Å². The molecule has 1 aliphatic carbocycles. The summed E-state index contributed by atoms with van der Waals surface area (Å²) in [4.78, 5) is 15.9. The summed E-state index contributed by atoms with van der Waals surface area (Å²) in [6.45, 7) is 4.33. The van der Waals surface area contributed by atoms with Crippen molar-refractivity contribution < 1.29 is 9.53 Å². The molecule has 23 heavy (non-hydrogen) atoms. The molecular weight excluding hydrogens is 308 g/mol. The van der Waals surface area contributed by atoms with Crippen molar-refractivity contribution in [2.75, 3.05) is 26.2 Å². The molecule has 0 aromatic carbocycles. The highest BCUT2D eigenvalue weighted by molar-refractivity contribution is 7.09. The molecule has 1 saturated heterocycles. The van der Waals surface area contributed by atoms with E-state index < -0.39 is 0 Å². The number of ether oxygens (including phenoxy) is 1. The van der Waals surface area contributed by atoms with Crippen molar-refractivity contribution in [2.24, 2.45) is 5.92 Å². The van der Waals surface area contributed by atoms with Crippen LogP contribution in [-0.2, 0) is 16.1 Å². The number of carbonyl (C=O) groups is 1. The Morgan fingerprint density at radius 1 is 1.30 bits per heavy atom. The van der Waals surface area contributed by atoms with Gasteiger partial charge in [0.2, 0.25) is 5.91 Å². The Balaban J connectivity index is 1.33. The van der Waals surface area contributed by atoms with Crippen LogP contribution in [0.15, 0.2) is 17.5 Å². The first kappa shape index (κ1) is 16.9. The molecule has 0 bridgehead atoms. The topological polar surface area (TPSA) is 41.6 Å². The van der Waals surface area contributed by atoms with Crippen molar-refractivity contribution in [3.8, 4) is 0 Å². The molecule has 1 N–H and O–H groups in total. The summed E-state index contributed by atoms with van der Waals surface area (Å²) < 4.78 is 5.67. The molecule has 1 atom stereocenters. The largest absolute Gasteiger partial charge is 0.368 e. The number of amides is 1. The van der Waals surface area contributed by atoms with Crippen molar-refractivity contribution in [3.05, 3.63) is 22.4 Å². The number of nitrogens with one attached hydrogen (secondary N) is 1. The van der Waals surface area contributed by atoms with Gasteiger partial charge in [-0.1, -0.05) is 18.9 Å². The van der Waals surface area contributed by atoms with E-state index in [0.717, 1.165) is 32.5 Å². The Morgan fingerprint density at radius 3 is 2.96 bits per heavy atom. The van der Waals surface area contributed by atoms with E-state index in [1.54, 1.807) is 0 Å². The van der Waals surface area contributed by atoms with Crippen molar-refractivity contribution in [1.29, 1.82) is 0 Å². The maximum atomic E-state index is 11.9. The Morgan fingerprint density at radius 2 is 2.17 bits per heavy atom. The van der Waals surface area contributed by atoms with Crippen LogP contribution >= 0.6 is 11.3 Å². The average molecular weight is 337 g/mol. The normalized spacial score (nSPS) is 23.2. The maximum absolute atomic E-state index is 11.9. The lowest BCUT2D eigenvalue weighted by molar-refractivity contribution is -0.127. The van der Waals surface area contributed by atoms with Crippen LogP contribution in [0.2, 0.25) is 0 Å². The van der Waals surface area contributed by atoms with E-state index in [-0.39, 0.29) is 12.5 Å². The third-order valence-corrected chi connectivity index (χ3v) is 5.76. The van der Waals surface area contributed by atoms with Gasteiger partial charge in [0.05, 0.1) is 6.10 Å². The number of nitrogens with zero attached hydrogens (tertiary/aromatic N) is 1. The summed E-state index contributed by atoms with van der Waals surface area (Å²) >= 11 is 1.83. The van der Waals surface area contributed by atoms with Crippen LogP contribution in [0.1, 0.15) is 43.4 Å². The number of hydrogen-bond acceptors (Lipinski definition) is 4. The van der Waals surface area contributed by atoms with Gasteiger partial charge < -0.3 is 10.1 Å². The van der Waals surface area contributed by atoms with Gasteiger partial charge in [-0.3, -0.25) is 9.69 Å². The molecule has 4 nitrogen and oxygen atoms in total. The number of carbonyl (C=O) groups excluding carboxylic acids is 1. The lowest BCUT2D eigenvalue weighted by atomic mass is 9.98. The molecule has 1 aromatic rings. The third-order valence-electron chi connectivity index (χ3n) is 4.90. The number of hydrogen-bond donors (Lipinski definition) is 1. The van der Waals surface area contributed by atoms with Crippen LogP contribution < -0.4 is 5.32 Å². The molecule has 3 rings (SSSR count). The van der Waals surface area contributed by atoms with Gasteiger partial charge in [-0.2, -0.15) is 0 Å². The zero-order chi connectivity index (χ0) is 15.9. The minimum atomic E-state index is 0.0484. The molecule has 1 unspecified atom stereocenters. The molecule has 1 aromatic heterocycles. The second-order valence-electron chi connectivity index (χ2n) is 6.84. The number of likely N-dealkylation sites (tertiary alicyclic amines) is 1. The van der Waals surface area contributed by atoms with E-state index in [1.807, 2.05) is 11.3 Å². The summed E-state index contributed by atoms with van der Waals surface area (Å²) in [7, 11) is 0. The highest BCUT2D eigenvalue weighted by Gasteiger charge is 2.21. The first-order chi connectivity index (χ1) is 11.3. The molecule has 128 valence electrons. The SMILES string of the molecule is O=C(COC1CCCC1)NCC1CCCN(Cc2cccs2)C1. The Kier molecular flexibility index (Phi) is 6.48. The van der Waals surface area contributed by atoms with Gasteiger partial charge in [0.1, 0.15) is 6.61 Å². The lowest BCUT2D eigenvalue weighted by Crippen LogP contribution is -2.41. The van der Waals surface area contributed by atoms with E-state index in [9.17, 15) is 4.79 Å². The maximum Gasteiger partial charge on any atom is 0.246 e. The van der Waals surface area contributed by atoms with Gasteiger partial charge in [-0.15, -0.1) is 11.3 Å². The predicted octanol–water partition coefficient (Wildman–Crippen LogP) is 3.04. The monoisotopic (exact) mass is 336 g/mol. The van der Waals surface area contributed by atoms with Crippen molar-refractivity contribution in [1.82, 2.24) is 10.2 Å². The van der Waals surface area contributed by atoms with Crippen LogP contribution in [0, 0.1) is 5.92 Å². The zero-order valence-electron chi connectivity index (χ0n) is 13.8. The van der Waals surface area contributed by atoms with Crippen LogP contribution in [0.25, 0.3) is 0 Å². The molecular formula is C18H28N2O2S. The zero-order valence-corrected chi connectivity index (χ0v) is 14.7. The minimum Gasteiger partial charge on any atom is -0.368 e. The van der Waals surface area contributed by atoms with E-state index in [1.165, 1.54) is 37.1 Å². The summed E-state index contributed by atoms with van der Waals surface area (Å²) in [6.07, 6.45) is 7.48. The van der Waals surface area contributed by atoms with Gasteiger partial charge in [-0.25, -0.2) is 0 Å². The molecule has 1 saturated carbocycles. The standard InChI is InChI=1S/C18H28N2O2S/c21-18(14-22-16-6-1-2-7-16)19-11-15-5-3-9-20(12-15)13-17-8-4-10-23-17/h4,8,10,15-16H,1-3,5-7,9,11-14H2,(H,19,21). The second kappa shape index (κ2) is 8.81. The van der Waals surface area contributed by atoms with Crippen LogP contribution in [0.4, 0.5) is 0 Å². The Hall–Kier alpha value is -0.910.